The molecule has 1 atom stereocenters. The van der Waals surface area contributed by atoms with Crippen LogP contribution in [0.5, 0.6) is 0 Å². The molecule has 1 fully saturated rings. The lowest BCUT2D eigenvalue weighted by Crippen LogP contribution is -2.27. The van der Waals surface area contributed by atoms with Gasteiger partial charge in [-0.1, -0.05) is 6.07 Å². The summed E-state index contributed by atoms with van der Waals surface area (Å²) in [5.74, 6) is -1.78. The van der Waals surface area contributed by atoms with E-state index in [2.05, 4.69) is 5.32 Å². The maximum absolute atomic E-state index is 12.8. The van der Waals surface area contributed by atoms with E-state index in [-0.39, 0.29) is 24.8 Å². The van der Waals surface area contributed by atoms with Crippen molar-refractivity contribution in [2.24, 2.45) is 5.92 Å². The summed E-state index contributed by atoms with van der Waals surface area (Å²) in [4.78, 5) is 25.3. The van der Waals surface area contributed by atoms with Crippen molar-refractivity contribution in [3.8, 4) is 0 Å². The highest BCUT2D eigenvalue weighted by molar-refractivity contribution is 7.86. The van der Waals surface area contributed by atoms with Crippen LogP contribution in [0, 0.1) is 12.8 Å². The quantitative estimate of drug-likeness (QED) is 0.836. The molecule has 0 aromatic heterocycles. The fourth-order valence-corrected chi connectivity index (χ4v) is 3.49. The Hall–Kier alpha value is -1.96. The number of carbonyl (C=O) groups is 2. The number of hydrogen-bond donors (Lipinski definition) is 1. The smallest absolute Gasteiger partial charge is 0.302 e. The SMILES string of the molecule is CNC(=O)c1cccc(N2CC(CS(=O)(=O)F)CC2=O)c1C. The van der Waals surface area contributed by atoms with E-state index in [9.17, 15) is 21.9 Å². The van der Waals surface area contributed by atoms with Gasteiger partial charge in [0.15, 0.2) is 0 Å². The average molecular weight is 328 g/mol. The normalized spacial score (nSPS) is 18.6. The van der Waals surface area contributed by atoms with Crippen LogP contribution in [0.3, 0.4) is 0 Å². The van der Waals surface area contributed by atoms with Crippen LogP contribution in [-0.2, 0) is 15.0 Å². The van der Waals surface area contributed by atoms with E-state index in [1.165, 1.54) is 11.9 Å². The topological polar surface area (TPSA) is 83.6 Å². The molecule has 1 heterocycles. The molecular formula is C14H17FN2O4S. The molecule has 2 amide bonds. The van der Waals surface area contributed by atoms with Gasteiger partial charge in [0.1, 0.15) is 0 Å². The minimum Gasteiger partial charge on any atom is -0.355 e. The second kappa shape index (κ2) is 6.04. The van der Waals surface area contributed by atoms with Crippen molar-refractivity contribution >= 4 is 27.7 Å². The van der Waals surface area contributed by atoms with Gasteiger partial charge in [0.05, 0.1) is 5.75 Å². The van der Waals surface area contributed by atoms with E-state index in [1.807, 2.05) is 0 Å². The van der Waals surface area contributed by atoms with Gasteiger partial charge >= 0.3 is 10.2 Å². The van der Waals surface area contributed by atoms with Crippen molar-refractivity contribution in [2.45, 2.75) is 13.3 Å². The summed E-state index contributed by atoms with van der Waals surface area (Å²) in [6.07, 6.45) is -0.0210. The summed E-state index contributed by atoms with van der Waals surface area (Å²) in [6.45, 7) is 1.84. The lowest BCUT2D eigenvalue weighted by Gasteiger charge is -2.20. The van der Waals surface area contributed by atoms with E-state index in [4.69, 9.17) is 0 Å². The first-order valence-corrected chi connectivity index (χ1v) is 8.32. The number of amides is 2. The number of anilines is 1. The third-order valence-corrected chi connectivity index (χ3v) is 4.58. The van der Waals surface area contributed by atoms with Gasteiger partial charge in [0.25, 0.3) is 5.91 Å². The summed E-state index contributed by atoms with van der Waals surface area (Å²) in [5, 5.41) is 2.52. The van der Waals surface area contributed by atoms with Gasteiger partial charge in [0, 0.05) is 37.2 Å². The fourth-order valence-electron chi connectivity index (χ4n) is 2.70. The molecule has 22 heavy (non-hydrogen) atoms. The Morgan fingerprint density at radius 3 is 2.73 bits per heavy atom. The predicted molar refractivity (Wildman–Crippen MR) is 79.9 cm³/mol. The second-order valence-electron chi connectivity index (χ2n) is 5.31. The molecule has 6 nitrogen and oxygen atoms in total. The first-order valence-electron chi connectivity index (χ1n) is 6.77. The monoisotopic (exact) mass is 328 g/mol. The highest BCUT2D eigenvalue weighted by Crippen LogP contribution is 2.30. The Bertz CT molecular complexity index is 718. The molecular weight excluding hydrogens is 311 g/mol. The zero-order chi connectivity index (χ0) is 16.5. The molecule has 0 saturated carbocycles. The van der Waals surface area contributed by atoms with Crippen molar-refractivity contribution in [2.75, 3.05) is 24.2 Å². The molecule has 1 aliphatic heterocycles. The average Bonchev–Trinajstić information content (AvgIpc) is 2.76. The van der Waals surface area contributed by atoms with E-state index >= 15 is 0 Å². The molecule has 1 aliphatic rings. The zero-order valence-electron chi connectivity index (χ0n) is 12.3. The van der Waals surface area contributed by atoms with Crippen LogP contribution in [0.25, 0.3) is 0 Å². The van der Waals surface area contributed by atoms with Gasteiger partial charge in [-0.2, -0.15) is 8.42 Å². The minimum atomic E-state index is -4.62. The van der Waals surface area contributed by atoms with Crippen LogP contribution < -0.4 is 10.2 Å². The third kappa shape index (κ3) is 3.44. The van der Waals surface area contributed by atoms with Gasteiger partial charge in [-0.3, -0.25) is 9.59 Å². The van der Waals surface area contributed by atoms with Gasteiger partial charge in [-0.25, -0.2) is 0 Å². The van der Waals surface area contributed by atoms with Crippen LogP contribution in [0.1, 0.15) is 22.3 Å². The number of nitrogens with one attached hydrogen (secondary N) is 1. The van der Waals surface area contributed by atoms with Crippen LogP contribution in [0.2, 0.25) is 0 Å². The lowest BCUT2D eigenvalue weighted by atomic mass is 10.1. The van der Waals surface area contributed by atoms with Gasteiger partial charge in [-0.15, -0.1) is 3.89 Å². The van der Waals surface area contributed by atoms with Crippen LogP contribution in [0.4, 0.5) is 9.57 Å². The van der Waals surface area contributed by atoms with Crippen LogP contribution in [0.15, 0.2) is 18.2 Å². The first-order chi connectivity index (χ1) is 10.2. The van der Waals surface area contributed by atoms with Crippen LogP contribution >= 0.6 is 0 Å². The highest BCUT2D eigenvalue weighted by Gasteiger charge is 2.34. The maximum Gasteiger partial charge on any atom is 0.302 e. The van der Waals surface area contributed by atoms with E-state index in [1.54, 1.807) is 25.1 Å². The second-order valence-corrected chi connectivity index (χ2v) is 6.72. The third-order valence-electron chi connectivity index (χ3n) is 3.71. The lowest BCUT2D eigenvalue weighted by molar-refractivity contribution is -0.117. The number of rotatable bonds is 4. The molecule has 1 saturated heterocycles. The summed E-state index contributed by atoms with van der Waals surface area (Å²) in [6, 6.07) is 4.98. The Morgan fingerprint density at radius 2 is 2.14 bits per heavy atom. The molecule has 8 heteroatoms. The molecule has 1 unspecified atom stereocenters. The molecule has 0 radical (unpaired) electrons. The van der Waals surface area contributed by atoms with Crippen LogP contribution in [-0.4, -0.2) is 39.6 Å². The fraction of sp³-hybridized carbons (Fsp3) is 0.429. The van der Waals surface area contributed by atoms with Crippen molar-refractivity contribution in [1.29, 1.82) is 0 Å². The first kappa shape index (κ1) is 16.4. The number of benzene rings is 1. The van der Waals surface area contributed by atoms with Crippen molar-refractivity contribution in [1.82, 2.24) is 5.32 Å². The molecule has 1 aromatic rings. The number of nitrogens with zero attached hydrogens (tertiary/aromatic N) is 1. The Balaban J connectivity index is 2.29. The van der Waals surface area contributed by atoms with Crippen molar-refractivity contribution < 1.29 is 21.9 Å². The number of hydrogen-bond acceptors (Lipinski definition) is 4. The Kier molecular flexibility index (Phi) is 4.50. The predicted octanol–water partition coefficient (Wildman–Crippen LogP) is 1.01. The van der Waals surface area contributed by atoms with E-state index in [0.29, 0.717) is 16.8 Å². The van der Waals surface area contributed by atoms with Crippen molar-refractivity contribution in [3.05, 3.63) is 29.3 Å². The molecule has 120 valence electrons. The Morgan fingerprint density at radius 1 is 1.45 bits per heavy atom. The summed E-state index contributed by atoms with van der Waals surface area (Å²) < 4.78 is 34.3. The minimum absolute atomic E-state index is 0.0210. The molecule has 0 bridgehead atoms. The van der Waals surface area contributed by atoms with Gasteiger partial charge in [0.2, 0.25) is 5.91 Å². The highest BCUT2D eigenvalue weighted by atomic mass is 32.3. The maximum atomic E-state index is 12.8. The van der Waals surface area contributed by atoms with Gasteiger partial charge < -0.3 is 10.2 Å². The Labute approximate surface area is 128 Å². The molecule has 0 spiro atoms. The number of halogens is 1. The molecule has 1 aromatic carbocycles. The summed E-state index contributed by atoms with van der Waals surface area (Å²) >= 11 is 0. The summed E-state index contributed by atoms with van der Waals surface area (Å²) in [7, 11) is -3.10. The number of carbonyl (C=O) groups excluding carboxylic acids is 2. The molecule has 1 N–H and O–H groups in total. The molecule has 0 aliphatic carbocycles. The van der Waals surface area contributed by atoms with Gasteiger partial charge in [-0.05, 0) is 24.6 Å². The van der Waals surface area contributed by atoms with E-state index in [0.717, 1.165) is 0 Å². The van der Waals surface area contributed by atoms with Crippen molar-refractivity contribution in [3.63, 3.8) is 0 Å². The standard InChI is InChI=1S/C14H17FN2O4S/c1-9-11(14(19)16-2)4-3-5-12(9)17-7-10(6-13(17)18)8-22(15,20)21/h3-5,10H,6-8H2,1-2H3,(H,16,19). The molecule has 2 rings (SSSR count). The van der Waals surface area contributed by atoms with E-state index < -0.39 is 21.9 Å². The largest absolute Gasteiger partial charge is 0.355 e. The summed E-state index contributed by atoms with van der Waals surface area (Å²) in [5.41, 5.74) is 1.61. The zero-order valence-corrected chi connectivity index (χ0v) is 13.1.